The third-order valence-corrected chi connectivity index (χ3v) is 3.74. The molecule has 0 aliphatic rings. The number of phenols is 1. The molecule has 8 heteroatoms. The molecule has 0 saturated carbocycles. The van der Waals surface area contributed by atoms with Crippen LogP contribution < -0.4 is 20.2 Å². The number of carbonyl (C=O) groups is 2. The van der Waals surface area contributed by atoms with Crippen LogP contribution in [0.1, 0.15) is 12.5 Å². The van der Waals surface area contributed by atoms with E-state index in [1.807, 2.05) is 0 Å². The molecule has 0 spiro atoms. The molecule has 2 aromatic carbocycles. The van der Waals surface area contributed by atoms with E-state index in [0.717, 1.165) is 0 Å². The van der Waals surface area contributed by atoms with Crippen molar-refractivity contribution in [1.82, 2.24) is 5.43 Å². The standard InChI is InChI=1S/C19H21N3O5/c1-12(18(24)21-14-5-7-15(26-2)8-6-14)19(25)22-20-11-13-4-9-16(23)17(10-13)27-3/h4-12,23H,1-3H3,(H,21,24)(H,22,25)/b20-11+. The molecule has 3 N–H and O–H groups in total. The number of hydrogen-bond donors (Lipinski definition) is 3. The van der Waals surface area contributed by atoms with Crippen LogP contribution in [0.2, 0.25) is 0 Å². The fraction of sp³-hybridized carbons (Fsp3) is 0.211. The molecule has 0 aliphatic heterocycles. The zero-order valence-electron chi connectivity index (χ0n) is 15.2. The van der Waals surface area contributed by atoms with Crippen molar-refractivity contribution in [2.24, 2.45) is 11.0 Å². The van der Waals surface area contributed by atoms with Gasteiger partial charge in [0.25, 0.3) is 5.91 Å². The van der Waals surface area contributed by atoms with Gasteiger partial charge in [0.05, 0.1) is 20.4 Å². The van der Waals surface area contributed by atoms with E-state index in [2.05, 4.69) is 15.8 Å². The zero-order valence-corrected chi connectivity index (χ0v) is 15.2. The Hall–Kier alpha value is -3.55. The second kappa shape index (κ2) is 9.23. The minimum Gasteiger partial charge on any atom is -0.504 e. The normalized spacial score (nSPS) is 11.7. The number of rotatable bonds is 7. The summed E-state index contributed by atoms with van der Waals surface area (Å²) >= 11 is 0. The molecule has 0 bridgehead atoms. The van der Waals surface area contributed by atoms with Crippen molar-refractivity contribution < 1.29 is 24.2 Å². The number of carbonyl (C=O) groups excluding carboxylic acids is 2. The first-order valence-corrected chi connectivity index (χ1v) is 8.09. The summed E-state index contributed by atoms with van der Waals surface area (Å²) in [6.07, 6.45) is 1.38. The van der Waals surface area contributed by atoms with Crippen LogP contribution in [-0.2, 0) is 9.59 Å². The van der Waals surface area contributed by atoms with E-state index in [9.17, 15) is 14.7 Å². The summed E-state index contributed by atoms with van der Waals surface area (Å²) in [5, 5.41) is 16.0. The monoisotopic (exact) mass is 371 g/mol. The number of benzene rings is 2. The number of anilines is 1. The quantitative estimate of drug-likeness (QED) is 0.392. The fourth-order valence-electron chi connectivity index (χ4n) is 2.09. The number of phenolic OH excluding ortho intramolecular Hbond substituents is 1. The lowest BCUT2D eigenvalue weighted by Crippen LogP contribution is -2.34. The first-order valence-electron chi connectivity index (χ1n) is 8.09. The maximum absolute atomic E-state index is 12.2. The minimum absolute atomic E-state index is 0.00232. The Bertz CT molecular complexity index is 834. The Morgan fingerprint density at radius 1 is 1.07 bits per heavy atom. The van der Waals surface area contributed by atoms with Crippen LogP contribution in [-0.4, -0.2) is 37.4 Å². The van der Waals surface area contributed by atoms with E-state index in [1.165, 1.54) is 26.3 Å². The number of nitrogens with one attached hydrogen (secondary N) is 2. The number of nitrogens with zero attached hydrogens (tertiary/aromatic N) is 1. The predicted molar refractivity (Wildman–Crippen MR) is 101 cm³/mol. The fourth-order valence-corrected chi connectivity index (χ4v) is 2.09. The van der Waals surface area contributed by atoms with Crippen molar-refractivity contribution in [3.05, 3.63) is 48.0 Å². The second-order valence-electron chi connectivity index (χ2n) is 5.60. The third-order valence-electron chi connectivity index (χ3n) is 3.74. The average Bonchev–Trinajstić information content (AvgIpc) is 2.69. The topological polar surface area (TPSA) is 109 Å². The van der Waals surface area contributed by atoms with Crippen LogP contribution in [0.4, 0.5) is 5.69 Å². The summed E-state index contributed by atoms with van der Waals surface area (Å²) in [5.41, 5.74) is 3.48. The molecule has 0 fully saturated rings. The first-order chi connectivity index (χ1) is 12.9. The summed E-state index contributed by atoms with van der Waals surface area (Å²) in [6.45, 7) is 1.48. The van der Waals surface area contributed by atoms with Gasteiger partial charge in [-0.1, -0.05) is 0 Å². The largest absolute Gasteiger partial charge is 0.504 e. The number of hydrogen-bond acceptors (Lipinski definition) is 6. The number of amides is 2. The summed E-state index contributed by atoms with van der Waals surface area (Å²) in [5.74, 6) is -1.00. The van der Waals surface area contributed by atoms with Crippen LogP contribution in [0.25, 0.3) is 0 Å². The number of aromatic hydroxyl groups is 1. The van der Waals surface area contributed by atoms with E-state index in [-0.39, 0.29) is 11.5 Å². The minimum atomic E-state index is -0.946. The third kappa shape index (κ3) is 5.46. The van der Waals surface area contributed by atoms with Gasteiger partial charge in [-0.15, -0.1) is 0 Å². The predicted octanol–water partition coefficient (Wildman–Crippen LogP) is 2.13. The van der Waals surface area contributed by atoms with Crippen LogP contribution in [0.5, 0.6) is 17.2 Å². The van der Waals surface area contributed by atoms with Crippen LogP contribution in [0, 0.1) is 5.92 Å². The van der Waals surface area contributed by atoms with Crippen LogP contribution in [0.15, 0.2) is 47.6 Å². The molecular weight excluding hydrogens is 350 g/mol. The van der Waals surface area contributed by atoms with Gasteiger partial charge in [0, 0.05) is 5.69 Å². The van der Waals surface area contributed by atoms with E-state index >= 15 is 0 Å². The van der Waals surface area contributed by atoms with E-state index < -0.39 is 17.7 Å². The highest BCUT2D eigenvalue weighted by atomic mass is 16.5. The van der Waals surface area contributed by atoms with Gasteiger partial charge < -0.3 is 19.9 Å². The van der Waals surface area contributed by atoms with Crippen molar-refractivity contribution in [3.8, 4) is 17.2 Å². The molecule has 8 nitrogen and oxygen atoms in total. The molecule has 2 rings (SSSR count). The molecule has 0 aromatic heterocycles. The molecule has 142 valence electrons. The molecule has 2 amide bonds. The Balaban J connectivity index is 1.91. The van der Waals surface area contributed by atoms with Crippen LogP contribution in [0.3, 0.4) is 0 Å². The molecule has 0 saturated heterocycles. The molecule has 0 heterocycles. The molecule has 27 heavy (non-hydrogen) atoms. The van der Waals surface area contributed by atoms with E-state index in [1.54, 1.807) is 43.5 Å². The van der Waals surface area contributed by atoms with Crippen molar-refractivity contribution in [3.63, 3.8) is 0 Å². The molecule has 1 atom stereocenters. The highest BCUT2D eigenvalue weighted by Gasteiger charge is 2.21. The van der Waals surface area contributed by atoms with Gasteiger partial charge in [-0.05, 0) is 55.0 Å². The van der Waals surface area contributed by atoms with Crippen molar-refractivity contribution in [2.75, 3.05) is 19.5 Å². The van der Waals surface area contributed by atoms with Crippen molar-refractivity contribution in [2.45, 2.75) is 6.92 Å². The zero-order chi connectivity index (χ0) is 19.8. The molecule has 0 aliphatic carbocycles. The lowest BCUT2D eigenvalue weighted by Gasteiger charge is -2.11. The Morgan fingerprint density at radius 2 is 1.78 bits per heavy atom. The maximum atomic E-state index is 12.2. The van der Waals surface area contributed by atoms with Gasteiger partial charge in [0.15, 0.2) is 11.5 Å². The average molecular weight is 371 g/mol. The first kappa shape index (κ1) is 19.8. The summed E-state index contributed by atoms with van der Waals surface area (Å²) in [6, 6.07) is 11.4. The number of hydrazone groups is 1. The van der Waals surface area contributed by atoms with Crippen molar-refractivity contribution >= 4 is 23.7 Å². The van der Waals surface area contributed by atoms with Crippen molar-refractivity contribution in [1.29, 1.82) is 0 Å². The molecule has 2 aromatic rings. The SMILES string of the molecule is COc1ccc(NC(=O)C(C)C(=O)N/N=C/c2ccc(O)c(OC)c2)cc1. The number of ether oxygens (including phenoxy) is 2. The Labute approximate surface area is 156 Å². The summed E-state index contributed by atoms with van der Waals surface area (Å²) < 4.78 is 10.0. The summed E-state index contributed by atoms with van der Waals surface area (Å²) in [4.78, 5) is 24.2. The maximum Gasteiger partial charge on any atom is 0.252 e. The van der Waals surface area contributed by atoms with Gasteiger partial charge in [-0.3, -0.25) is 9.59 Å². The number of methoxy groups -OCH3 is 2. The van der Waals surface area contributed by atoms with E-state index in [0.29, 0.717) is 17.0 Å². The lowest BCUT2D eigenvalue weighted by molar-refractivity contribution is -0.131. The highest BCUT2D eigenvalue weighted by molar-refractivity contribution is 6.06. The van der Waals surface area contributed by atoms with Gasteiger partial charge in [-0.2, -0.15) is 5.10 Å². The summed E-state index contributed by atoms with van der Waals surface area (Å²) in [7, 11) is 2.98. The second-order valence-corrected chi connectivity index (χ2v) is 5.60. The lowest BCUT2D eigenvalue weighted by atomic mass is 10.1. The van der Waals surface area contributed by atoms with E-state index in [4.69, 9.17) is 9.47 Å². The van der Waals surface area contributed by atoms with Crippen LogP contribution >= 0.6 is 0 Å². The molecular formula is C19H21N3O5. The molecule has 1 unspecified atom stereocenters. The van der Waals surface area contributed by atoms with Gasteiger partial charge in [0.1, 0.15) is 11.7 Å². The smallest absolute Gasteiger partial charge is 0.252 e. The Kier molecular flexibility index (Phi) is 6.76. The highest BCUT2D eigenvalue weighted by Crippen LogP contribution is 2.25. The molecule has 0 radical (unpaired) electrons. The van der Waals surface area contributed by atoms with Gasteiger partial charge in [0.2, 0.25) is 5.91 Å². The van der Waals surface area contributed by atoms with Gasteiger partial charge in [-0.25, -0.2) is 5.43 Å². The Morgan fingerprint density at radius 3 is 2.41 bits per heavy atom. The van der Waals surface area contributed by atoms with Gasteiger partial charge >= 0.3 is 0 Å².